The summed E-state index contributed by atoms with van der Waals surface area (Å²) in [6, 6.07) is 14.0. The van der Waals surface area contributed by atoms with E-state index >= 15 is 0 Å². The SMILES string of the molecule is CNS(=O)(=O)c1ccc(OC2CCCC2)c(C(=O)N2CCN(c3ccc(C#N)cc3)CC2)c1. The number of nitrogens with one attached hydrogen (secondary N) is 1. The minimum Gasteiger partial charge on any atom is -0.490 e. The molecular weight excluding hydrogens is 440 g/mol. The number of nitriles is 1. The van der Waals surface area contributed by atoms with Crippen molar-refractivity contribution in [2.45, 2.75) is 36.7 Å². The van der Waals surface area contributed by atoms with Crippen LogP contribution in [-0.2, 0) is 10.0 Å². The molecular formula is C24H28N4O4S. The van der Waals surface area contributed by atoms with Gasteiger partial charge < -0.3 is 14.5 Å². The van der Waals surface area contributed by atoms with Crippen molar-refractivity contribution in [3.8, 4) is 11.8 Å². The van der Waals surface area contributed by atoms with Gasteiger partial charge in [0, 0.05) is 31.9 Å². The molecule has 9 heteroatoms. The number of rotatable bonds is 6. The van der Waals surface area contributed by atoms with E-state index in [1.807, 2.05) is 12.1 Å². The van der Waals surface area contributed by atoms with Crippen molar-refractivity contribution in [3.05, 3.63) is 53.6 Å². The van der Waals surface area contributed by atoms with Gasteiger partial charge in [-0.3, -0.25) is 4.79 Å². The molecule has 1 aliphatic heterocycles. The van der Waals surface area contributed by atoms with Crippen LogP contribution < -0.4 is 14.4 Å². The predicted octanol–water partition coefficient (Wildman–Crippen LogP) is 2.75. The molecule has 0 spiro atoms. The number of amides is 1. The molecule has 174 valence electrons. The Balaban J connectivity index is 1.53. The standard InChI is InChI=1S/C24H28N4O4S/c1-26-33(30,31)21-10-11-23(32-20-4-2-3-5-20)22(16-21)24(29)28-14-12-27(13-15-28)19-8-6-18(17-25)7-9-19/h6-11,16,20,26H,2-5,12-15H2,1H3. The molecule has 2 fully saturated rings. The van der Waals surface area contributed by atoms with E-state index in [1.165, 1.54) is 19.2 Å². The van der Waals surface area contributed by atoms with Crippen molar-refractivity contribution in [2.75, 3.05) is 38.1 Å². The summed E-state index contributed by atoms with van der Waals surface area (Å²) in [6.07, 6.45) is 4.12. The first-order chi connectivity index (χ1) is 15.9. The lowest BCUT2D eigenvalue weighted by atomic mass is 10.1. The lowest BCUT2D eigenvalue weighted by Gasteiger charge is -2.36. The number of carbonyl (C=O) groups is 1. The zero-order chi connectivity index (χ0) is 23.4. The second kappa shape index (κ2) is 9.81. The Labute approximate surface area is 194 Å². The fraction of sp³-hybridized carbons (Fsp3) is 0.417. The maximum absolute atomic E-state index is 13.5. The molecule has 2 aromatic carbocycles. The van der Waals surface area contributed by atoms with Gasteiger partial charge in [-0.1, -0.05) is 0 Å². The van der Waals surface area contributed by atoms with Crippen molar-refractivity contribution in [2.24, 2.45) is 0 Å². The zero-order valence-electron chi connectivity index (χ0n) is 18.7. The molecule has 0 radical (unpaired) electrons. The summed E-state index contributed by atoms with van der Waals surface area (Å²) in [5.41, 5.74) is 1.90. The summed E-state index contributed by atoms with van der Waals surface area (Å²) in [7, 11) is -2.34. The van der Waals surface area contributed by atoms with E-state index in [4.69, 9.17) is 10.00 Å². The van der Waals surface area contributed by atoms with Crippen molar-refractivity contribution >= 4 is 21.6 Å². The summed E-state index contributed by atoms with van der Waals surface area (Å²) in [5.74, 6) is 0.215. The van der Waals surface area contributed by atoms with Crippen LogP contribution in [0.25, 0.3) is 0 Å². The lowest BCUT2D eigenvalue weighted by Crippen LogP contribution is -2.49. The van der Waals surface area contributed by atoms with Crippen LogP contribution in [0.15, 0.2) is 47.4 Å². The summed E-state index contributed by atoms with van der Waals surface area (Å²) in [5, 5.41) is 8.98. The summed E-state index contributed by atoms with van der Waals surface area (Å²) in [6.45, 7) is 2.30. The number of carbonyl (C=O) groups excluding carboxylic acids is 1. The van der Waals surface area contributed by atoms with Crippen molar-refractivity contribution in [1.29, 1.82) is 5.26 Å². The number of sulfonamides is 1. The van der Waals surface area contributed by atoms with Crippen LogP contribution in [0.1, 0.15) is 41.6 Å². The van der Waals surface area contributed by atoms with Gasteiger partial charge in [-0.05, 0) is 75.2 Å². The van der Waals surface area contributed by atoms with E-state index in [9.17, 15) is 13.2 Å². The zero-order valence-corrected chi connectivity index (χ0v) is 19.5. The molecule has 4 rings (SSSR count). The van der Waals surface area contributed by atoms with Crippen LogP contribution >= 0.6 is 0 Å². The molecule has 0 unspecified atom stereocenters. The van der Waals surface area contributed by atoms with E-state index in [0.717, 1.165) is 31.4 Å². The van der Waals surface area contributed by atoms with Crippen LogP contribution in [0, 0.1) is 11.3 Å². The number of hydrogen-bond donors (Lipinski definition) is 1. The number of nitrogens with zero attached hydrogens (tertiary/aromatic N) is 3. The van der Waals surface area contributed by atoms with E-state index in [-0.39, 0.29) is 22.5 Å². The van der Waals surface area contributed by atoms with E-state index < -0.39 is 10.0 Å². The maximum Gasteiger partial charge on any atom is 0.257 e. The Hall–Kier alpha value is -3.09. The molecule has 0 aromatic heterocycles. The molecule has 33 heavy (non-hydrogen) atoms. The molecule has 0 atom stereocenters. The van der Waals surface area contributed by atoms with Crippen LogP contribution in [0.3, 0.4) is 0 Å². The molecule has 8 nitrogen and oxygen atoms in total. The monoisotopic (exact) mass is 468 g/mol. The van der Waals surface area contributed by atoms with Crippen molar-refractivity contribution in [3.63, 3.8) is 0 Å². The largest absolute Gasteiger partial charge is 0.490 e. The lowest BCUT2D eigenvalue weighted by molar-refractivity contribution is 0.0739. The normalized spacial score (nSPS) is 17.1. The van der Waals surface area contributed by atoms with Crippen molar-refractivity contribution < 1.29 is 17.9 Å². The molecule has 0 bridgehead atoms. The number of anilines is 1. The molecule has 1 N–H and O–H groups in total. The summed E-state index contributed by atoms with van der Waals surface area (Å²) < 4.78 is 33.1. The second-order valence-electron chi connectivity index (χ2n) is 8.33. The van der Waals surface area contributed by atoms with E-state index in [2.05, 4.69) is 15.7 Å². The Morgan fingerprint density at radius 3 is 2.33 bits per heavy atom. The van der Waals surface area contributed by atoms with Crippen LogP contribution in [0.5, 0.6) is 5.75 Å². The highest BCUT2D eigenvalue weighted by molar-refractivity contribution is 7.89. The number of hydrogen-bond acceptors (Lipinski definition) is 6. The first kappa shape index (κ1) is 23.1. The Morgan fingerprint density at radius 2 is 1.73 bits per heavy atom. The number of ether oxygens (including phenoxy) is 1. The topological polar surface area (TPSA) is 103 Å². The molecule has 1 aliphatic carbocycles. The Morgan fingerprint density at radius 1 is 1.06 bits per heavy atom. The van der Waals surface area contributed by atoms with Gasteiger partial charge in [0.25, 0.3) is 5.91 Å². The highest BCUT2D eigenvalue weighted by Gasteiger charge is 2.28. The van der Waals surface area contributed by atoms with E-state index in [0.29, 0.717) is 37.5 Å². The average Bonchev–Trinajstić information content (AvgIpc) is 3.37. The molecule has 2 aliphatic rings. The van der Waals surface area contributed by atoms with Gasteiger partial charge >= 0.3 is 0 Å². The fourth-order valence-electron chi connectivity index (χ4n) is 4.33. The highest BCUT2D eigenvalue weighted by Crippen LogP contribution is 2.30. The molecule has 1 saturated carbocycles. The number of piperazine rings is 1. The van der Waals surface area contributed by atoms with Crippen LogP contribution in [0.2, 0.25) is 0 Å². The third kappa shape index (κ3) is 5.13. The Bertz CT molecular complexity index is 1140. The van der Waals surface area contributed by atoms with Gasteiger partial charge in [-0.25, -0.2) is 13.1 Å². The minimum absolute atomic E-state index is 0.0448. The van der Waals surface area contributed by atoms with E-state index in [1.54, 1.807) is 23.1 Å². The average molecular weight is 469 g/mol. The quantitative estimate of drug-likeness (QED) is 0.699. The molecule has 1 saturated heterocycles. The third-order valence-corrected chi connectivity index (χ3v) is 7.70. The maximum atomic E-state index is 13.5. The van der Waals surface area contributed by atoms with Gasteiger partial charge in [0.1, 0.15) is 5.75 Å². The third-order valence-electron chi connectivity index (χ3n) is 6.28. The highest BCUT2D eigenvalue weighted by atomic mass is 32.2. The van der Waals surface area contributed by atoms with Crippen LogP contribution in [-0.4, -0.2) is 58.6 Å². The first-order valence-electron chi connectivity index (χ1n) is 11.2. The van der Waals surface area contributed by atoms with Gasteiger partial charge in [0.2, 0.25) is 10.0 Å². The minimum atomic E-state index is -3.69. The predicted molar refractivity (Wildman–Crippen MR) is 125 cm³/mol. The van der Waals surface area contributed by atoms with Gasteiger partial charge in [-0.15, -0.1) is 0 Å². The summed E-state index contributed by atoms with van der Waals surface area (Å²) >= 11 is 0. The first-order valence-corrected chi connectivity index (χ1v) is 12.7. The Kier molecular flexibility index (Phi) is 6.86. The number of benzene rings is 2. The van der Waals surface area contributed by atoms with Gasteiger partial charge in [0.15, 0.2) is 0 Å². The fourth-order valence-corrected chi connectivity index (χ4v) is 5.09. The van der Waals surface area contributed by atoms with Crippen molar-refractivity contribution in [1.82, 2.24) is 9.62 Å². The van der Waals surface area contributed by atoms with Gasteiger partial charge in [-0.2, -0.15) is 5.26 Å². The molecule has 1 heterocycles. The second-order valence-corrected chi connectivity index (χ2v) is 10.2. The molecule has 2 aromatic rings. The van der Waals surface area contributed by atoms with Gasteiger partial charge in [0.05, 0.1) is 28.2 Å². The molecule has 1 amide bonds. The smallest absolute Gasteiger partial charge is 0.257 e. The van der Waals surface area contributed by atoms with Crippen LogP contribution in [0.4, 0.5) is 5.69 Å². The summed E-state index contributed by atoms with van der Waals surface area (Å²) in [4.78, 5) is 17.4.